The number of rotatable bonds is 7. The quantitative estimate of drug-likeness (QED) is 0.342. The normalized spacial score (nSPS) is 15.0. The van der Waals surface area contributed by atoms with Gasteiger partial charge in [-0.15, -0.1) is 10.2 Å². The van der Waals surface area contributed by atoms with Crippen LogP contribution in [0.2, 0.25) is 0 Å². The van der Waals surface area contributed by atoms with Gasteiger partial charge in [-0.25, -0.2) is 0 Å². The molecule has 1 aliphatic rings. The highest BCUT2D eigenvalue weighted by molar-refractivity contribution is 7.98. The lowest BCUT2D eigenvalue weighted by Gasteiger charge is -2.15. The summed E-state index contributed by atoms with van der Waals surface area (Å²) in [5.74, 6) is 1.32. The van der Waals surface area contributed by atoms with Crippen molar-refractivity contribution in [3.8, 4) is 28.6 Å². The maximum atomic E-state index is 10.8. The molecule has 5 rings (SSSR count). The molecular weight excluding hydrogens is 460 g/mol. The average Bonchev–Trinajstić information content (AvgIpc) is 3.46. The zero-order valence-electron chi connectivity index (χ0n) is 20.0. The lowest BCUT2D eigenvalue weighted by Crippen LogP contribution is -2.08. The van der Waals surface area contributed by atoms with Crippen molar-refractivity contribution >= 4 is 11.8 Å². The van der Waals surface area contributed by atoms with E-state index in [0.29, 0.717) is 22.3 Å². The molecule has 1 unspecified atom stereocenters. The lowest BCUT2D eigenvalue weighted by atomic mass is 9.98. The minimum absolute atomic E-state index is 0.0371. The van der Waals surface area contributed by atoms with Crippen LogP contribution in [0.3, 0.4) is 0 Å². The Morgan fingerprint density at radius 3 is 2.63 bits per heavy atom. The van der Waals surface area contributed by atoms with Crippen LogP contribution in [-0.2, 0) is 23.3 Å². The Hall–Kier alpha value is -3.36. The van der Waals surface area contributed by atoms with E-state index >= 15 is 0 Å². The standard InChI is InChI=1S/C27H28N4O3S/c1-16(2)22-12-23(25(33)13-24(22)32)26-29-30-27(35-15-17-5-4-8-28-14-17)31(26)20-7-6-18-10-21(34-3)11-19(18)9-20/h4-9,12-14,16,21,32-33H,10-11,15H2,1-3H3. The number of hydrogen-bond acceptors (Lipinski definition) is 7. The van der Waals surface area contributed by atoms with Gasteiger partial charge in [0.2, 0.25) is 0 Å². The van der Waals surface area contributed by atoms with Crippen LogP contribution in [0.15, 0.2) is 60.0 Å². The molecule has 2 N–H and O–H groups in total. The number of thioether (sulfide) groups is 1. The molecule has 0 saturated carbocycles. The molecule has 1 aliphatic carbocycles. The van der Waals surface area contributed by atoms with Gasteiger partial charge in [0.1, 0.15) is 11.5 Å². The Bertz CT molecular complexity index is 1350. The van der Waals surface area contributed by atoms with Gasteiger partial charge in [0.25, 0.3) is 0 Å². The monoisotopic (exact) mass is 488 g/mol. The van der Waals surface area contributed by atoms with Crippen molar-refractivity contribution in [3.05, 3.63) is 77.1 Å². The van der Waals surface area contributed by atoms with Crippen LogP contribution in [0.5, 0.6) is 11.5 Å². The van der Waals surface area contributed by atoms with Crippen molar-refractivity contribution in [2.75, 3.05) is 7.11 Å². The Balaban J connectivity index is 1.61. The molecule has 0 spiro atoms. The van der Waals surface area contributed by atoms with Gasteiger partial charge in [-0.2, -0.15) is 0 Å². The second-order valence-electron chi connectivity index (χ2n) is 9.09. The van der Waals surface area contributed by atoms with E-state index in [1.165, 1.54) is 17.2 Å². The fourth-order valence-corrected chi connectivity index (χ4v) is 5.39. The first kappa shape index (κ1) is 23.4. The highest BCUT2D eigenvalue weighted by Gasteiger charge is 2.25. The maximum Gasteiger partial charge on any atom is 0.196 e. The number of ether oxygens (including phenoxy) is 1. The van der Waals surface area contributed by atoms with Gasteiger partial charge in [0, 0.05) is 31.3 Å². The zero-order valence-corrected chi connectivity index (χ0v) is 20.8. The molecule has 0 aliphatic heterocycles. The number of aromatic hydroxyl groups is 2. The molecule has 4 aromatic rings. The van der Waals surface area contributed by atoms with E-state index in [1.54, 1.807) is 31.1 Å². The summed E-state index contributed by atoms with van der Waals surface area (Å²) < 4.78 is 7.58. The number of pyridine rings is 1. The number of fused-ring (bicyclic) bond motifs is 1. The molecule has 1 atom stereocenters. The SMILES string of the molecule is COC1Cc2ccc(-n3c(SCc4cccnc4)nnc3-c3cc(C(C)C)c(O)cc3O)cc2C1. The number of methoxy groups -OCH3 is 1. The van der Waals surface area contributed by atoms with Crippen molar-refractivity contribution in [3.63, 3.8) is 0 Å². The number of phenols is 2. The fraction of sp³-hybridized carbons (Fsp3) is 0.296. The maximum absolute atomic E-state index is 10.8. The third kappa shape index (κ3) is 4.63. The Labute approximate surface area is 208 Å². The van der Waals surface area contributed by atoms with Crippen molar-refractivity contribution in [2.45, 2.75) is 49.6 Å². The number of nitrogens with zero attached hydrogens (tertiary/aromatic N) is 4. The number of benzene rings is 2. The predicted octanol–water partition coefficient (Wildman–Crippen LogP) is 5.27. The van der Waals surface area contributed by atoms with Crippen LogP contribution in [0.4, 0.5) is 0 Å². The molecule has 0 bridgehead atoms. The van der Waals surface area contributed by atoms with E-state index < -0.39 is 0 Å². The molecule has 0 fully saturated rings. The summed E-state index contributed by atoms with van der Waals surface area (Å²) in [6, 6.07) is 13.5. The van der Waals surface area contributed by atoms with Gasteiger partial charge in [-0.05, 0) is 65.3 Å². The summed E-state index contributed by atoms with van der Waals surface area (Å²) in [6.07, 6.45) is 5.55. The molecule has 0 saturated heterocycles. The highest BCUT2D eigenvalue weighted by Crippen LogP contribution is 2.40. The molecular formula is C27H28N4O3S. The third-order valence-electron chi connectivity index (χ3n) is 6.41. The molecule has 2 aromatic carbocycles. The first-order valence-electron chi connectivity index (χ1n) is 11.6. The van der Waals surface area contributed by atoms with Crippen LogP contribution in [0, 0.1) is 0 Å². The van der Waals surface area contributed by atoms with E-state index in [4.69, 9.17) is 4.74 Å². The molecule has 2 aromatic heterocycles. The minimum atomic E-state index is -0.0371. The first-order chi connectivity index (χ1) is 16.9. The summed E-state index contributed by atoms with van der Waals surface area (Å²) in [5, 5.41) is 30.9. The molecule has 2 heterocycles. The molecule has 8 heteroatoms. The van der Waals surface area contributed by atoms with Crippen molar-refractivity contribution in [1.82, 2.24) is 19.7 Å². The number of phenolic OH excluding ortho intramolecular Hbond substituents is 2. The third-order valence-corrected chi connectivity index (χ3v) is 7.41. The summed E-state index contributed by atoms with van der Waals surface area (Å²) >= 11 is 1.56. The first-order valence-corrected chi connectivity index (χ1v) is 12.6. The van der Waals surface area contributed by atoms with Crippen LogP contribution >= 0.6 is 11.8 Å². The summed E-state index contributed by atoms with van der Waals surface area (Å²) in [7, 11) is 1.75. The minimum Gasteiger partial charge on any atom is -0.508 e. The van der Waals surface area contributed by atoms with Crippen molar-refractivity contribution in [1.29, 1.82) is 0 Å². The molecule has 35 heavy (non-hydrogen) atoms. The van der Waals surface area contributed by atoms with Gasteiger partial charge < -0.3 is 14.9 Å². The van der Waals surface area contributed by atoms with Crippen LogP contribution in [0.1, 0.15) is 42.0 Å². The van der Waals surface area contributed by atoms with Gasteiger partial charge >= 0.3 is 0 Å². The van der Waals surface area contributed by atoms with Gasteiger partial charge in [-0.3, -0.25) is 9.55 Å². The number of aromatic nitrogens is 4. The molecule has 0 radical (unpaired) electrons. The van der Waals surface area contributed by atoms with E-state index in [1.807, 2.05) is 36.7 Å². The van der Waals surface area contributed by atoms with Crippen molar-refractivity contribution in [2.24, 2.45) is 0 Å². The Morgan fingerprint density at radius 1 is 1.06 bits per heavy atom. The Kier molecular flexibility index (Phi) is 6.49. The highest BCUT2D eigenvalue weighted by atomic mass is 32.2. The van der Waals surface area contributed by atoms with Gasteiger partial charge in [0.15, 0.2) is 11.0 Å². The Morgan fingerprint density at radius 2 is 1.89 bits per heavy atom. The summed E-state index contributed by atoms with van der Waals surface area (Å²) in [6.45, 7) is 4.00. The fourth-order valence-electron chi connectivity index (χ4n) is 4.51. The van der Waals surface area contributed by atoms with E-state index in [9.17, 15) is 10.2 Å². The van der Waals surface area contributed by atoms with Gasteiger partial charge in [-0.1, -0.05) is 37.7 Å². The topological polar surface area (TPSA) is 93.3 Å². The predicted molar refractivity (Wildman–Crippen MR) is 136 cm³/mol. The number of hydrogen-bond donors (Lipinski definition) is 2. The molecule has 7 nitrogen and oxygen atoms in total. The lowest BCUT2D eigenvalue weighted by molar-refractivity contribution is 0.112. The average molecular weight is 489 g/mol. The smallest absolute Gasteiger partial charge is 0.196 e. The van der Waals surface area contributed by atoms with Crippen molar-refractivity contribution < 1.29 is 14.9 Å². The second kappa shape index (κ2) is 9.71. The van der Waals surface area contributed by atoms with Crippen LogP contribution in [-0.4, -0.2) is 43.2 Å². The van der Waals surface area contributed by atoms with E-state index in [2.05, 4.69) is 33.4 Å². The van der Waals surface area contributed by atoms with E-state index in [-0.39, 0.29) is 23.5 Å². The summed E-state index contributed by atoms with van der Waals surface area (Å²) in [5.41, 5.74) is 5.81. The zero-order chi connectivity index (χ0) is 24.5. The molecule has 180 valence electrons. The largest absolute Gasteiger partial charge is 0.508 e. The second-order valence-corrected chi connectivity index (χ2v) is 10.0. The van der Waals surface area contributed by atoms with Gasteiger partial charge in [0.05, 0.1) is 17.4 Å². The molecule has 0 amide bonds. The van der Waals surface area contributed by atoms with Crippen LogP contribution in [0.25, 0.3) is 17.1 Å². The van der Waals surface area contributed by atoms with Crippen LogP contribution < -0.4 is 0 Å². The van der Waals surface area contributed by atoms with E-state index in [0.717, 1.165) is 29.7 Å². The summed E-state index contributed by atoms with van der Waals surface area (Å²) in [4.78, 5) is 4.21.